The van der Waals surface area contributed by atoms with Crippen LogP contribution in [0.15, 0.2) is 18.2 Å². The molecule has 1 aliphatic heterocycles. The van der Waals surface area contributed by atoms with E-state index < -0.39 is 5.38 Å². The first-order chi connectivity index (χ1) is 7.68. The summed E-state index contributed by atoms with van der Waals surface area (Å²) in [6.45, 7) is 2.70. The van der Waals surface area contributed by atoms with Crippen molar-refractivity contribution in [1.82, 2.24) is 0 Å². The average molecular weight is 238 g/mol. The molecule has 0 fully saturated rings. The number of rotatable bonds is 2. The summed E-state index contributed by atoms with van der Waals surface area (Å²) in [6.07, 6.45) is 3.48. The summed E-state index contributed by atoms with van der Waals surface area (Å²) >= 11 is 5.81. The van der Waals surface area contributed by atoms with Crippen molar-refractivity contribution >= 4 is 23.1 Å². The van der Waals surface area contributed by atoms with Crippen LogP contribution in [0.25, 0.3) is 0 Å². The third-order valence-corrected chi connectivity index (χ3v) is 3.14. The molecule has 1 aliphatic rings. The van der Waals surface area contributed by atoms with Crippen molar-refractivity contribution in [3.63, 3.8) is 0 Å². The lowest BCUT2D eigenvalue weighted by Gasteiger charge is -2.10. The minimum Gasteiger partial charge on any atom is -0.385 e. The van der Waals surface area contributed by atoms with Crippen LogP contribution in [-0.2, 0) is 6.42 Å². The van der Waals surface area contributed by atoms with Crippen molar-refractivity contribution in [1.29, 1.82) is 0 Å². The van der Waals surface area contributed by atoms with Gasteiger partial charge in [0, 0.05) is 17.8 Å². The van der Waals surface area contributed by atoms with E-state index in [1.807, 2.05) is 18.2 Å². The van der Waals surface area contributed by atoms with Crippen molar-refractivity contribution in [2.45, 2.75) is 31.6 Å². The summed E-state index contributed by atoms with van der Waals surface area (Å²) in [6, 6.07) is 5.86. The number of carbonyl (C=O) groups excluding carboxylic acids is 1. The zero-order valence-corrected chi connectivity index (χ0v) is 10.2. The minimum absolute atomic E-state index is 0.00415. The van der Waals surface area contributed by atoms with Gasteiger partial charge in [-0.3, -0.25) is 4.79 Å². The summed E-state index contributed by atoms with van der Waals surface area (Å²) in [5.74, 6) is -0.00415. The van der Waals surface area contributed by atoms with Gasteiger partial charge in [0.15, 0.2) is 5.78 Å². The Bertz CT molecular complexity index is 401. The first-order valence-corrected chi connectivity index (χ1v) is 6.17. The number of hydrogen-bond acceptors (Lipinski definition) is 2. The van der Waals surface area contributed by atoms with Crippen molar-refractivity contribution in [2.24, 2.45) is 0 Å². The van der Waals surface area contributed by atoms with E-state index in [9.17, 15) is 4.79 Å². The van der Waals surface area contributed by atoms with E-state index in [-0.39, 0.29) is 5.78 Å². The molecule has 0 bridgehead atoms. The second-order valence-electron chi connectivity index (χ2n) is 4.24. The molecule has 3 heteroatoms. The lowest BCUT2D eigenvalue weighted by Crippen LogP contribution is -2.11. The fraction of sp³-hybridized carbons (Fsp3) is 0.462. The van der Waals surface area contributed by atoms with Gasteiger partial charge in [0.2, 0.25) is 0 Å². The van der Waals surface area contributed by atoms with Gasteiger partial charge in [-0.1, -0.05) is 12.1 Å². The van der Waals surface area contributed by atoms with E-state index in [4.69, 9.17) is 11.6 Å². The Balaban J connectivity index is 2.30. The van der Waals surface area contributed by atoms with Crippen molar-refractivity contribution in [3.05, 3.63) is 29.3 Å². The van der Waals surface area contributed by atoms with Crippen molar-refractivity contribution in [2.75, 3.05) is 11.9 Å². The number of nitrogens with one attached hydrogen (secondary N) is 1. The monoisotopic (exact) mass is 237 g/mol. The molecule has 1 aromatic carbocycles. The molecule has 0 amide bonds. The summed E-state index contributed by atoms with van der Waals surface area (Å²) in [5, 5.41) is 2.91. The minimum atomic E-state index is -0.455. The number of Topliss-reactive ketones (excluding diaryl/α,β-unsaturated/α-hetero) is 1. The predicted octanol–water partition coefficient (Wildman–Crippen LogP) is 3.24. The Labute approximate surface area is 101 Å². The van der Waals surface area contributed by atoms with Crippen LogP contribution in [0.1, 0.15) is 35.7 Å². The first-order valence-electron chi connectivity index (χ1n) is 5.73. The quantitative estimate of drug-likeness (QED) is 0.632. The molecule has 0 aliphatic carbocycles. The van der Waals surface area contributed by atoms with Crippen LogP contribution in [0.3, 0.4) is 0 Å². The number of carbonyl (C=O) groups is 1. The Morgan fingerprint density at radius 2 is 2.25 bits per heavy atom. The molecule has 2 rings (SSSR count). The normalized spacial score (nSPS) is 16.9. The zero-order chi connectivity index (χ0) is 11.5. The van der Waals surface area contributed by atoms with Crippen LogP contribution >= 0.6 is 11.6 Å². The fourth-order valence-electron chi connectivity index (χ4n) is 2.01. The highest BCUT2D eigenvalue weighted by atomic mass is 35.5. The van der Waals surface area contributed by atoms with Gasteiger partial charge in [0.05, 0.1) is 5.38 Å². The molecular formula is C13H16ClNO. The number of benzene rings is 1. The predicted molar refractivity (Wildman–Crippen MR) is 67.5 cm³/mol. The molecule has 86 valence electrons. The molecular weight excluding hydrogens is 222 g/mol. The maximum Gasteiger partial charge on any atom is 0.180 e. The SMILES string of the molecule is CC(Cl)C(=O)c1ccc2c(c1)NCCCC2. The van der Waals surface area contributed by atoms with E-state index in [1.165, 1.54) is 18.4 Å². The second kappa shape index (κ2) is 4.88. The van der Waals surface area contributed by atoms with Gasteiger partial charge >= 0.3 is 0 Å². The van der Waals surface area contributed by atoms with E-state index >= 15 is 0 Å². The van der Waals surface area contributed by atoms with Crippen LogP contribution in [0.5, 0.6) is 0 Å². The number of aryl methyl sites for hydroxylation is 1. The van der Waals surface area contributed by atoms with Crippen LogP contribution in [0.4, 0.5) is 5.69 Å². The van der Waals surface area contributed by atoms with Gasteiger partial charge in [-0.05, 0) is 37.8 Å². The van der Waals surface area contributed by atoms with Gasteiger partial charge in [0.1, 0.15) is 0 Å². The molecule has 0 radical (unpaired) electrons. The van der Waals surface area contributed by atoms with Gasteiger partial charge in [-0.25, -0.2) is 0 Å². The van der Waals surface area contributed by atoms with Gasteiger partial charge < -0.3 is 5.32 Å². The lowest BCUT2D eigenvalue weighted by atomic mass is 10.0. The number of ketones is 1. The highest BCUT2D eigenvalue weighted by Crippen LogP contribution is 2.23. The maximum absolute atomic E-state index is 11.8. The van der Waals surface area contributed by atoms with Gasteiger partial charge in [0.25, 0.3) is 0 Å². The molecule has 16 heavy (non-hydrogen) atoms. The van der Waals surface area contributed by atoms with E-state index in [0.717, 1.165) is 18.7 Å². The van der Waals surface area contributed by atoms with Crippen molar-refractivity contribution < 1.29 is 4.79 Å². The molecule has 1 aromatic rings. The molecule has 1 unspecified atom stereocenters. The molecule has 1 atom stereocenters. The molecule has 0 spiro atoms. The number of alkyl halides is 1. The van der Waals surface area contributed by atoms with Gasteiger partial charge in [-0.2, -0.15) is 0 Å². The number of fused-ring (bicyclic) bond motifs is 1. The standard InChI is InChI=1S/C13H16ClNO/c1-9(14)13(16)11-6-5-10-4-2-3-7-15-12(10)8-11/h5-6,8-9,15H,2-4,7H2,1H3. The Hall–Kier alpha value is -1.02. The molecule has 1 heterocycles. The highest BCUT2D eigenvalue weighted by molar-refractivity contribution is 6.33. The topological polar surface area (TPSA) is 29.1 Å². The molecule has 0 aromatic heterocycles. The van der Waals surface area contributed by atoms with E-state index in [0.29, 0.717) is 5.56 Å². The highest BCUT2D eigenvalue weighted by Gasteiger charge is 2.15. The summed E-state index contributed by atoms with van der Waals surface area (Å²) in [4.78, 5) is 11.8. The van der Waals surface area contributed by atoms with E-state index in [2.05, 4.69) is 5.32 Å². The van der Waals surface area contributed by atoms with Crippen LogP contribution in [-0.4, -0.2) is 17.7 Å². The summed E-state index contributed by atoms with van der Waals surface area (Å²) < 4.78 is 0. The lowest BCUT2D eigenvalue weighted by molar-refractivity contribution is 0.0992. The largest absolute Gasteiger partial charge is 0.385 e. The number of hydrogen-bond donors (Lipinski definition) is 1. The molecule has 1 N–H and O–H groups in total. The smallest absolute Gasteiger partial charge is 0.180 e. The third-order valence-electron chi connectivity index (χ3n) is 2.94. The molecule has 0 saturated carbocycles. The fourth-order valence-corrected chi connectivity index (χ4v) is 2.13. The second-order valence-corrected chi connectivity index (χ2v) is 4.89. The van der Waals surface area contributed by atoms with Gasteiger partial charge in [-0.15, -0.1) is 11.6 Å². The van der Waals surface area contributed by atoms with Crippen molar-refractivity contribution in [3.8, 4) is 0 Å². The number of anilines is 1. The molecule has 0 saturated heterocycles. The average Bonchev–Trinajstić information content (AvgIpc) is 2.51. The van der Waals surface area contributed by atoms with Crippen LogP contribution in [0.2, 0.25) is 0 Å². The Morgan fingerprint density at radius 3 is 3.00 bits per heavy atom. The van der Waals surface area contributed by atoms with Crippen LogP contribution < -0.4 is 5.32 Å². The van der Waals surface area contributed by atoms with Crippen LogP contribution in [0, 0.1) is 0 Å². The number of halogens is 1. The Morgan fingerprint density at radius 1 is 1.44 bits per heavy atom. The first kappa shape index (κ1) is 11.5. The van der Waals surface area contributed by atoms with E-state index in [1.54, 1.807) is 6.92 Å². The molecule has 2 nitrogen and oxygen atoms in total. The summed E-state index contributed by atoms with van der Waals surface area (Å²) in [5.41, 5.74) is 3.10. The zero-order valence-electron chi connectivity index (χ0n) is 9.42. The maximum atomic E-state index is 11.8. The third kappa shape index (κ3) is 2.38. The summed E-state index contributed by atoms with van der Waals surface area (Å²) in [7, 11) is 0. The Kier molecular flexibility index (Phi) is 3.49.